The number of nitro benzene ring substituents is 1. The molecule has 0 N–H and O–H groups in total. The SMILES string of the molecule is CC1=NC(c2cccc([N+](=O)[O-])c2)=[N+]([O-])C1(C)C. The fourth-order valence-electron chi connectivity index (χ4n) is 1.69. The second-order valence-electron chi connectivity index (χ2n) is 4.68. The Balaban J connectivity index is 2.54. The number of aliphatic imine (C=N–C) groups is 1. The second kappa shape index (κ2) is 3.90. The summed E-state index contributed by atoms with van der Waals surface area (Å²) in [6.07, 6.45) is 0. The van der Waals surface area contributed by atoms with Crippen molar-refractivity contribution >= 4 is 17.2 Å². The van der Waals surface area contributed by atoms with Crippen molar-refractivity contribution in [2.24, 2.45) is 4.99 Å². The molecule has 1 aromatic rings. The molecule has 0 fully saturated rings. The topological polar surface area (TPSA) is 81.6 Å². The highest BCUT2D eigenvalue weighted by Crippen LogP contribution is 2.22. The Morgan fingerprint density at radius 1 is 1.39 bits per heavy atom. The van der Waals surface area contributed by atoms with E-state index in [-0.39, 0.29) is 11.5 Å². The highest BCUT2D eigenvalue weighted by molar-refractivity contribution is 6.09. The molecule has 0 bridgehead atoms. The van der Waals surface area contributed by atoms with Crippen molar-refractivity contribution in [3.8, 4) is 0 Å². The molecular formula is C12H13N3O3. The molecule has 94 valence electrons. The Kier molecular flexibility index (Phi) is 2.65. The van der Waals surface area contributed by atoms with E-state index in [9.17, 15) is 15.3 Å². The van der Waals surface area contributed by atoms with Gasteiger partial charge in [0.2, 0.25) is 0 Å². The van der Waals surface area contributed by atoms with Crippen LogP contribution in [0.2, 0.25) is 0 Å². The van der Waals surface area contributed by atoms with Gasteiger partial charge >= 0.3 is 5.84 Å². The molecule has 0 radical (unpaired) electrons. The molecule has 0 saturated heterocycles. The third-order valence-corrected chi connectivity index (χ3v) is 3.17. The molecule has 0 saturated carbocycles. The van der Waals surface area contributed by atoms with Crippen molar-refractivity contribution in [3.05, 3.63) is 45.2 Å². The van der Waals surface area contributed by atoms with Crippen LogP contribution in [0.4, 0.5) is 5.69 Å². The first-order chi connectivity index (χ1) is 8.34. The van der Waals surface area contributed by atoms with Crippen molar-refractivity contribution in [1.82, 2.24) is 0 Å². The van der Waals surface area contributed by atoms with Crippen molar-refractivity contribution in [2.75, 3.05) is 0 Å². The van der Waals surface area contributed by atoms with E-state index < -0.39 is 10.5 Å². The van der Waals surface area contributed by atoms with Crippen LogP contribution in [0.25, 0.3) is 0 Å². The molecule has 0 unspecified atom stereocenters. The van der Waals surface area contributed by atoms with Crippen LogP contribution in [0.5, 0.6) is 0 Å². The summed E-state index contributed by atoms with van der Waals surface area (Å²) in [5.74, 6) is 0.223. The van der Waals surface area contributed by atoms with Crippen molar-refractivity contribution in [1.29, 1.82) is 0 Å². The third kappa shape index (κ3) is 1.75. The summed E-state index contributed by atoms with van der Waals surface area (Å²) in [5, 5.41) is 22.8. The summed E-state index contributed by atoms with van der Waals surface area (Å²) in [4.78, 5) is 14.4. The van der Waals surface area contributed by atoms with Gasteiger partial charge in [0.05, 0.1) is 10.5 Å². The van der Waals surface area contributed by atoms with Crippen LogP contribution in [0.15, 0.2) is 29.3 Å². The second-order valence-corrected chi connectivity index (χ2v) is 4.68. The number of non-ortho nitro benzene ring substituents is 1. The number of hydrogen-bond acceptors (Lipinski definition) is 4. The van der Waals surface area contributed by atoms with Crippen LogP contribution in [-0.4, -0.2) is 26.7 Å². The van der Waals surface area contributed by atoms with E-state index in [0.29, 0.717) is 11.3 Å². The van der Waals surface area contributed by atoms with Gasteiger partial charge in [0.15, 0.2) is 11.3 Å². The van der Waals surface area contributed by atoms with Crippen LogP contribution < -0.4 is 0 Å². The monoisotopic (exact) mass is 247 g/mol. The quantitative estimate of drug-likeness (QED) is 0.347. The van der Waals surface area contributed by atoms with E-state index in [1.54, 1.807) is 32.9 Å². The Hall–Kier alpha value is -2.24. The Bertz CT molecular complexity index is 588. The molecule has 1 aliphatic rings. The van der Waals surface area contributed by atoms with Gasteiger partial charge in [-0.15, -0.1) is 0 Å². The summed E-state index contributed by atoms with van der Waals surface area (Å²) in [6, 6.07) is 5.93. The van der Waals surface area contributed by atoms with Gasteiger partial charge in [-0.05, 0) is 24.9 Å². The Morgan fingerprint density at radius 2 is 2.06 bits per heavy atom. The number of hydroxylamine groups is 1. The molecule has 0 spiro atoms. The largest absolute Gasteiger partial charge is 0.714 e. The van der Waals surface area contributed by atoms with E-state index >= 15 is 0 Å². The van der Waals surface area contributed by atoms with E-state index in [1.807, 2.05) is 0 Å². The van der Waals surface area contributed by atoms with E-state index in [0.717, 1.165) is 4.74 Å². The minimum atomic E-state index is -0.708. The number of rotatable bonds is 2. The normalized spacial score (nSPS) is 17.8. The predicted molar refractivity (Wildman–Crippen MR) is 68.0 cm³/mol. The number of nitrogens with zero attached hydrogens (tertiary/aromatic N) is 3. The fraction of sp³-hybridized carbons (Fsp3) is 0.333. The Morgan fingerprint density at radius 3 is 2.56 bits per heavy atom. The van der Waals surface area contributed by atoms with Gasteiger partial charge in [-0.3, -0.25) is 14.9 Å². The molecule has 1 aromatic carbocycles. The van der Waals surface area contributed by atoms with Gasteiger partial charge in [-0.25, -0.2) is 0 Å². The predicted octanol–water partition coefficient (Wildman–Crippen LogP) is 2.10. The molecule has 0 aliphatic carbocycles. The van der Waals surface area contributed by atoms with E-state index in [1.165, 1.54) is 12.1 Å². The number of hydrogen-bond donors (Lipinski definition) is 0. The third-order valence-electron chi connectivity index (χ3n) is 3.17. The van der Waals surface area contributed by atoms with E-state index in [4.69, 9.17) is 0 Å². The van der Waals surface area contributed by atoms with E-state index in [2.05, 4.69) is 4.99 Å². The summed E-state index contributed by atoms with van der Waals surface area (Å²) >= 11 is 0. The molecule has 1 heterocycles. The standard InChI is InChI=1S/C12H13N3O3/c1-8-12(2,3)14(16)11(13-8)9-5-4-6-10(7-9)15(17)18/h4-7H,1-3H3. The molecule has 0 amide bonds. The number of benzene rings is 1. The summed E-state index contributed by atoms with van der Waals surface area (Å²) < 4.78 is 0.793. The van der Waals surface area contributed by atoms with Crippen molar-refractivity contribution in [2.45, 2.75) is 26.3 Å². The fourth-order valence-corrected chi connectivity index (χ4v) is 1.69. The molecule has 1 aliphatic heterocycles. The lowest BCUT2D eigenvalue weighted by Gasteiger charge is -2.22. The first kappa shape index (κ1) is 12.2. The lowest BCUT2D eigenvalue weighted by Crippen LogP contribution is -2.37. The van der Waals surface area contributed by atoms with Gasteiger partial charge in [0.1, 0.15) is 0 Å². The van der Waals surface area contributed by atoms with Crippen molar-refractivity contribution in [3.63, 3.8) is 0 Å². The highest BCUT2D eigenvalue weighted by atomic mass is 16.6. The highest BCUT2D eigenvalue weighted by Gasteiger charge is 2.39. The lowest BCUT2D eigenvalue weighted by molar-refractivity contribution is -0.513. The first-order valence-corrected chi connectivity index (χ1v) is 5.49. The number of nitro groups is 1. The minimum Gasteiger partial charge on any atom is -0.714 e. The minimum absolute atomic E-state index is 0.0500. The molecule has 6 nitrogen and oxygen atoms in total. The molecule has 0 atom stereocenters. The van der Waals surface area contributed by atoms with Crippen LogP contribution in [-0.2, 0) is 0 Å². The molecule has 18 heavy (non-hydrogen) atoms. The average Bonchev–Trinajstić information content (AvgIpc) is 2.53. The van der Waals surface area contributed by atoms with Crippen LogP contribution in [0, 0.1) is 15.3 Å². The Labute approximate surface area is 104 Å². The van der Waals surface area contributed by atoms with Crippen LogP contribution in [0.1, 0.15) is 26.3 Å². The van der Waals surface area contributed by atoms with Gasteiger partial charge in [-0.2, -0.15) is 0 Å². The maximum absolute atomic E-state index is 12.1. The van der Waals surface area contributed by atoms with Gasteiger partial charge in [-0.1, -0.05) is 6.07 Å². The average molecular weight is 247 g/mol. The summed E-state index contributed by atoms with van der Waals surface area (Å²) in [6.45, 7) is 5.31. The van der Waals surface area contributed by atoms with Crippen LogP contribution >= 0.6 is 0 Å². The zero-order valence-electron chi connectivity index (χ0n) is 10.4. The summed E-state index contributed by atoms with van der Waals surface area (Å²) in [7, 11) is 0. The molecule has 6 heteroatoms. The molecule has 0 aromatic heterocycles. The molecule has 2 rings (SSSR count). The zero-order valence-corrected chi connectivity index (χ0v) is 10.4. The maximum Gasteiger partial charge on any atom is 0.329 e. The lowest BCUT2D eigenvalue weighted by atomic mass is 10.0. The smallest absolute Gasteiger partial charge is 0.329 e. The summed E-state index contributed by atoms with van der Waals surface area (Å²) in [5.41, 5.74) is 0.397. The number of amidine groups is 1. The maximum atomic E-state index is 12.1. The van der Waals surface area contributed by atoms with Crippen LogP contribution in [0.3, 0.4) is 0 Å². The van der Waals surface area contributed by atoms with Gasteiger partial charge < -0.3 is 5.21 Å². The van der Waals surface area contributed by atoms with Gasteiger partial charge in [0, 0.05) is 19.1 Å². The van der Waals surface area contributed by atoms with Gasteiger partial charge in [0.25, 0.3) is 5.69 Å². The first-order valence-electron chi connectivity index (χ1n) is 5.49. The molecular weight excluding hydrogens is 234 g/mol. The zero-order chi connectivity index (χ0) is 13.5. The van der Waals surface area contributed by atoms with Crippen molar-refractivity contribution < 1.29 is 9.66 Å².